The summed E-state index contributed by atoms with van der Waals surface area (Å²) < 4.78 is 39.0. The molecule has 0 bridgehead atoms. The molecule has 0 aliphatic carbocycles. The second-order valence-corrected chi connectivity index (χ2v) is 6.50. The van der Waals surface area contributed by atoms with Gasteiger partial charge in [0.25, 0.3) is 17.3 Å². The Bertz CT molecular complexity index is 964. The Kier molecular flexibility index (Phi) is 5.54. The summed E-state index contributed by atoms with van der Waals surface area (Å²) in [6.45, 7) is 0.292. The summed E-state index contributed by atoms with van der Waals surface area (Å²) in [5.41, 5.74) is -4.07. The number of anilines is 1. The third-order valence-electron chi connectivity index (χ3n) is 4.53. The quantitative estimate of drug-likeness (QED) is 0.574. The van der Waals surface area contributed by atoms with Crippen molar-refractivity contribution in [2.45, 2.75) is 18.6 Å². The number of hydrogen-bond donors (Lipinski definition) is 1. The van der Waals surface area contributed by atoms with Crippen molar-refractivity contribution in [2.24, 2.45) is 0 Å². The lowest BCUT2D eigenvalue weighted by Gasteiger charge is -2.18. The van der Waals surface area contributed by atoms with Crippen molar-refractivity contribution in [1.82, 2.24) is 9.88 Å². The molecule has 1 saturated heterocycles. The van der Waals surface area contributed by atoms with Gasteiger partial charge in [-0.2, -0.15) is 13.2 Å². The molecule has 1 unspecified atom stereocenters. The van der Waals surface area contributed by atoms with Crippen molar-refractivity contribution >= 4 is 23.0 Å². The topological polar surface area (TPSA) is 132 Å². The number of alkyl halides is 3. The number of aromatic nitrogens is 1. The minimum Gasteiger partial charge on any atom is -0.369 e. The highest BCUT2D eigenvalue weighted by atomic mass is 19.4. The molecule has 1 aromatic carbocycles. The minimum atomic E-state index is -4.99. The fourth-order valence-corrected chi connectivity index (χ4v) is 3.13. The monoisotopic (exact) mass is 425 g/mol. The van der Waals surface area contributed by atoms with Gasteiger partial charge < -0.3 is 10.2 Å². The molecular formula is C17H14F3N5O5. The van der Waals surface area contributed by atoms with E-state index in [1.165, 1.54) is 17.2 Å². The number of halogens is 3. The molecule has 2 heterocycles. The zero-order valence-corrected chi connectivity index (χ0v) is 15.1. The molecule has 0 saturated carbocycles. The lowest BCUT2D eigenvalue weighted by molar-refractivity contribution is -0.392. The predicted molar refractivity (Wildman–Crippen MR) is 96.9 cm³/mol. The van der Waals surface area contributed by atoms with Crippen LogP contribution in [0.15, 0.2) is 36.5 Å². The third kappa shape index (κ3) is 4.29. The van der Waals surface area contributed by atoms with Gasteiger partial charge in [0, 0.05) is 37.5 Å². The van der Waals surface area contributed by atoms with Crippen LogP contribution in [0.4, 0.5) is 30.2 Å². The molecule has 1 atom stereocenters. The molecule has 1 fully saturated rings. The summed E-state index contributed by atoms with van der Waals surface area (Å²) >= 11 is 0. The van der Waals surface area contributed by atoms with E-state index < -0.39 is 50.6 Å². The fraction of sp³-hybridized carbons (Fsp3) is 0.294. The fourth-order valence-electron chi connectivity index (χ4n) is 3.13. The molecule has 1 aliphatic heterocycles. The average molecular weight is 425 g/mol. The smallest absolute Gasteiger partial charge is 0.369 e. The molecule has 1 N–H and O–H groups in total. The first-order chi connectivity index (χ1) is 14.1. The van der Waals surface area contributed by atoms with Gasteiger partial charge in [-0.25, -0.2) is 0 Å². The number of carbonyl (C=O) groups excluding carboxylic acids is 1. The number of nitro benzene ring substituents is 2. The predicted octanol–water partition coefficient (Wildman–Crippen LogP) is 3.24. The first-order valence-corrected chi connectivity index (χ1v) is 8.58. The first-order valence-electron chi connectivity index (χ1n) is 8.58. The maximum atomic E-state index is 13.0. The van der Waals surface area contributed by atoms with Gasteiger partial charge >= 0.3 is 6.18 Å². The van der Waals surface area contributed by atoms with Gasteiger partial charge in [-0.3, -0.25) is 30.0 Å². The van der Waals surface area contributed by atoms with Crippen LogP contribution in [0.1, 0.15) is 22.5 Å². The van der Waals surface area contributed by atoms with E-state index >= 15 is 0 Å². The molecular weight excluding hydrogens is 411 g/mol. The molecule has 1 amide bonds. The minimum absolute atomic E-state index is 0.0464. The molecule has 3 rings (SSSR count). The number of rotatable bonds is 5. The Labute approximate surface area is 166 Å². The highest BCUT2D eigenvalue weighted by molar-refractivity contribution is 5.92. The van der Waals surface area contributed by atoms with Gasteiger partial charge in [0.05, 0.1) is 15.4 Å². The molecule has 1 aliphatic rings. The number of amides is 1. The number of benzene rings is 1. The lowest BCUT2D eigenvalue weighted by atomic mass is 10.1. The lowest BCUT2D eigenvalue weighted by Crippen LogP contribution is -2.32. The first kappa shape index (κ1) is 21.0. The van der Waals surface area contributed by atoms with Gasteiger partial charge in [0.2, 0.25) is 0 Å². The van der Waals surface area contributed by atoms with Gasteiger partial charge in [0.15, 0.2) is 5.69 Å². The Hall–Kier alpha value is -3.77. The van der Waals surface area contributed by atoms with Gasteiger partial charge in [-0.15, -0.1) is 0 Å². The molecule has 30 heavy (non-hydrogen) atoms. The maximum Gasteiger partial charge on any atom is 0.416 e. The zero-order chi connectivity index (χ0) is 22.1. The van der Waals surface area contributed by atoms with E-state index in [9.17, 15) is 38.2 Å². The number of pyridine rings is 1. The standard InChI is InChI=1S/C17H14F3N5O5/c18-17(19,20)10-7-13(24(27)28)15(14(8-10)25(29)30)22-11-4-6-23(9-11)16(26)12-3-1-2-5-21-12/h1-3,5,7-8,11,22H,4,6,9H2. The molecule has 2 aromatic rings. The largest absolute Gasteiger partial charge is 0.416 e. The van der Waals surface area contributed by atoms with Crippen LogP contribution in [0.3, 0.4) is 0 Å². The van der Waals surface area contributed by atoms with E-state index in [-0.39, 0.29) is 37.3 Å². The summed E-state index contributed by atoms with van der Waals surface area (Å²) in [6, 6.07) is 4.64. The highest BCUT2D eigenvalue weighted by Crippen LogP contribution is 2.41. The van der Waals surface area contributed by atoms with Crippen LogP contribution < -0.4 is 5.32 Å². The molecule has 10 nitrogen and oxygen atoms in total. The van der Waals surface area contributed by atoms with Crippen molar-refractivity contribution < 1.29 is 27.8 Å². The number of likely N-dealkylation sites (tertiary alicyclic amines) is 1. The number of nitrogens with zero attached hydrogens (tertiary/aromatic N) is 4. The molecule has 13 heteroatoms. The van der Waals surface area contributed by atoms with Crippen molar-refractivity contribution in [3.63, 3.8) is 0 Å². The Morgan fingerprint density at radius 1 is 1.17 bits per heavy atom. The average Bonchev–Trinajstić information content (AvgIpc) is 3.15. The van der Waals surface area contributed by atoms with E-state index in [0.29, 0.717) is 0 Å². The van der Waals surface area contributed by atoms with Crippen LogP contribution in [-0.4, -0.2) is 44.8 Å². The Morgan fingerprint density at radius 3 is 2.30 bits per heavy atom. The van der Waals surface area contributed by atoms with E-state index in [0.717, 1.165) is 0 Å². The number of hydrogen-bond acceptors (Lipinski definition) is 7. The van der Waals surface area contributed by atoms with Crippen molar-refractivity contribution in [3.05, 3.63) is 68.0 Å². The summed E-state index contributed by atoms with van der Waals surface area (Å²) in [7, 11) is 0. The van der Waals surface area contributed by atoms with Crippen LogP contribution in [0.5, 0.6) is 0 Å². The molecule has 0 radical (unpaired) electrons. The summed E-state index contributed by atoms with van der Waals surface area (Å²) in [5, 5.41) is 25.2. The Balaban J connectivity index is 1.88. The van der Waals surface area contributed by atoms with Crippen LogP contribution in [0, 0.1) is 20.2 Å². The van der Waals surface area contributed by atoms with E-state index in [2.05, 4.69) is 10.3 Å². The summed E-state index contributed by atoms with van der Waals surface area (Å²) in [6.07, 6.45) is -3.27. The molecule has 1 aromatic heterocycles. The zero-order valence-electron chi connectivity index (χ0n) is 15.1. The normalized spacial score (nSPS) is 16.4. The Morgan fingerprint density at radius 2 is 1.80 bits per heavy atom. The number of nitro groups is 2. The van der Waals surface area contributed by atoms with Crippen LogP contribution in [0.2, 0.25) is 0 Å². The third-order valence-corrected chi connectivity index (χ3v) is 4.53. The van der Waals surface area contributed by atoms with Crippen molar-refractivity contribution in [3.8, 4) is 0 Å². The van der Waals surface area contributed by atoms with Crippen molar-refractivity contribution in [1.29, 1.82) is 0 Å². The second-order valence-electron chi connectivity index (χ2n) is 6.50. The highest BCUT2D eigenvalue weighted by Gasteiger charge is 2.39. The molecule has 158 valence electrons. The molecule has 0 spiro atoms. The van der Waals surface area contributed by atoms with E-state index in [1.807, 2.05) is 0 Å². The van der Waals surface area contributed by atoms with Crippen LogP contribution >= 0.6 is 0 Å². The van der Waals surface area contributed by atoms with E-state index in [1.54, 1.807) is 12.1 Å². The summed E-state index contributed by atoms with van der Waals surface area (Å²) in [4.78, 5) is 38.2. The van der Waals surface area contributed by atoms with E-state index in [4.69, 9.17) is 0 Å². The van der Waals surface area contributed by atoms with Crippen LogP contribution in [0.25, 0.3) is 0 Å². The van der Waals surface area contributed by atoms with Crippen LogP contribution in [-0.2, 0) is 6.18 Å². The maximum absolute atomic E-state index is 13.0. The van der Waals surface area contributed by atoms with Gasteiger partial charge in [-0.1, -0.05) is 6.07 Å². The number of nitrogens with one attached hydrogen (secondary N) is 1. The second kappa shape index (κ2) is 7.93. The SMILES string of the molecule is O=C(c1ccccn1)N1CCC(Nc2c([N+](=O)[O-])cc(C(F)(F)F)cc2[N+](=O)[O-])C1. The summed E-state index contributed by atoms with van der Waals surface area (Å²) in [5.74, 6) is -0.392. The van der Waals surface area contributed by atoms with Gasteiger partial charge in [-0.05, 0) is 18.6 Å². The van der Waals surface area contributed by atoms with Gasteiger partial charge in [0.1, 0.15) is 5.69 Å². The number of carbonyl (C=O) groups is 1. The van der Waals surface area contributed by atoms with Crippen molar-refractivity contribution in [2.75, 3.05) is 18.4 Å².